The van der Waals surface area contributed by atoms with Crippen LogP contribution in [0.25, 0.3) is 0 Å². The van der Waals surface area contributed by atoms with Gasteiger partial charge in [0.1, 0.15) is 6.26 Å². The molecular formula is C13H14N2O2S. The van der Waals surface area contributed by atoms with E-state index in [9.17, 15) is 4.79 Å². The van der Waals surface area contributed by atoms with E-state index < -0.39 is 0 Å². The quantitative estimate of drug-likeness (QED) is 0.904. The molecular weight excluding hydrogens is 248 g/mol. The Morgan fingerprint density at radius 1 is 1.61 bits per heavy atom. The van der Waals surface area contributed by atoms with Gasteiger partial charge in [0.25, 0.3) is 5.91 Å². The van der Waals surface area contributed by atoms with Crippen LogP contribution in [0.5, 0.6) is 0 Å². The molecule has 1 aliphatic carbocycles. The normalized spacial score (nSPS) is 18.4. The van der Waals surface area contributed by atoms with Gasteiger partial charge >= 0.3 is 0 Å². The van der Waals surface area contributed by atoms with E-state index in [-0.39, 0.29) is 5.91 Å². The molecule has 5 heteroatoms. The van der Waals surface area contributed by atoms with E-state index in [0.29, 0.717) is 10.7 Å². The zero-order valence-corrected chi connectivity index (χ0v) is 10.9. The van der Waals surface area contributed by atoms with Gasteiger partial charge in [0, 0.05) is 4.88 Å². The number of carbonyl (C=O) groups excluding carboxylic acids is 1. The van der Waals surface area contributed by atoms with Gasteiger partial charge in [0.05, 0.1) is 17.5 Å². The number of hydrogen-bond acceptors (Lipinski definition) is 4. The first kappa shape index (κ1) is 11.5. The highest BCUT2D eigenvalue weighted by molar-refractivity contribution is 7.15. The summed E-state index contributed by atoms with van der Waals surface area (Å²) in [6, 6.07) is 1.64. The van der Waals surface area contributed by atoms with Crippen molar-refractivity contribution in [2.24, 2.45) is 5.92 Å². The fourth-order valence-electron chi connectivity index (χ4n) is 2.16. The molecule has 2 heterocycles. The number of hydrogen-bond donors (Lipinski definition) is 1. The van der Waals surface area contributed by atoms with Crippen molar-refractivity contribution in [3.63, 3.8) is 0 Å². The van der Waals surface area contributed by atoms with Gasteiger partial charge in [0.2, 0.25) is 0 Å². The largest absolute Gasteiger partial charge is 0.472 e. The van der Waals surface area contributed by atoms with Crippen LogP contribution in [0.4, 0.5) is 5.13 Å². The van der Waals surface area contributed by atoms with Crippen LogP contribution in [0.3, 0.4) is 0 Å². The van der Waals surface area contributed by atoms with Crippen LogP contribution in [0.1, 0.15) is 34.3 Å². The number of thiazole rings is 1. The van der Waals surface area contributed by atoms with Crippen LogP contribution in [0, 0.1) is 5.92 Å². The molecule has 2 aromatic rings. The average Bonchev–Trinajstić information content (AvgIpc) is 2.95. The van der Waals surface area contributed by atoms with Gasteiger partial charge in [0.15, 0.2) is 5.13 Å². The Morgan fingerprint density at radius 2 is 2.50 bits per heavy atom. The smallest absolute Gasteiger partial charge is 0.260 e. The predicted octanol–water partition coefficient (Wildman–Crippen LogP) is 3.11. The van der Waals surface area contributed by atoms with Crippen molar-refractivity contribution in [3.8, 4) is 0 Å². The van der Waals surface area contributed by atoms with Crippen molar-refractivity contribution in [1.82, 2.24) is 4.98 Å². The van der Waals surface area contributed by atoms with E-state index in [0.717, 1.165) is 24.5 Å². The molecule has 1 amide bonds. The molecule has 1 N–H and O–H groups in total. The minimum Gasteiger partial charge on any atom is -0.472 e. The van der Waals surface area contributed by atoms with Crippen LogP contribution in [0.2, 0.25) is 0 Å². The Hall–Kier alpha value is -1.62. The number of fused-ring (bicyclic) bond motifs is 1. The third-order valence-electron chi connectivity index (χ3n) is 3.19. The number of anilines is 1. The van der Waals surface area contributed by atoms with Gasteiger partial charge in [-0.2, -0.15) is 0 Å². The first-order valence-corrected chi connectivity index (χ1v) is 6.86. The maximum Gasteiger partial charge on any atom is 0.260 e. The van der Waals surface area contributed by atoms with E-state index in [1.165, 1.54) is 23.8 Å². The molecule has 4 nitrogen and oxygen atoms in total. The molecule has 0 spiro atoms. The lowest BCUT2D eigenvalue weighted by Crippen LogP contribution is -2.11. The SMILES string of the molecule is CC1CCc2nc(NC(=O)c3ccoc3)sc2C1. The van der Waals surface area contributed by atoms with E-state index in [4.69, 9.17) is 4.42 Å². The summed E-state index contributed by atoms with van der Waals surface area (Å²) in [5.41, 5.74) is 1.68. The molecule has 1 unspecified atom stereocenters. The second-order valence-corrected chi connectivity index (χ2v) is 5.79. The lowest BCUT2D eigenvalue weighted by atomic mass is 9.93. The van der Waals surface area contributed by atoms with Gasteiger partial charge in [-0.15, -0.1) is 11.3 Å². The molecule has 0 radical (unpaired) electrons. The molecule has 94 valence electrons. The van der Waals surface area contributed by atoms with E-state index in [1.807, 2.05) is 0 Å². The van der Waals surface area contributed by atoms with Crippen LogP contribution in [-0.4, -0.2) is 10.9 Å². The van der Waals surface area contributed by atoms with Crippen LogP contribution in [-0.2, 0) is 12.8 Å². The summed E-state index contributed by atoms with van der Waals surface area (Å²) >= 11 is 1.59. The molecule has 0 aliphatic heterocycles. The van der Waals surface area contributed by atoms with Crippen LogP contribution >= 0.6 is 11.3 Å². The molecule has 0 saturated carbocycles. The van der Waals surface area contributed by atoms with E-state index >= 15 is 0 Å². The average molecular weight is 262 g/mol. The van der Waals surface area contributed by atoms with Crippen molar-refractivity contribution in [1.29, 1.82) is 0 Å². The van der Waals surface area contributed by atoms with Gasteiger partial charge in [-0.25, -0.2) is 4.98 Å². The number of amides is 1. The maximum atomic E-state index is 11.8. The number of carbonyl (C=O) groups is 1. The summed E-state index contributed by atoms with van der Waals surface area (Å²) in [6.45, 7) is 2.26. The van der Waals surface area contributed by atoms with Crippen molar-refractivity contribution in [3.05, 3.63) is 34.7 Å². The van der Waals surface area contributed by atoms with Gasteiger partial charge in [-0.1, -0.05) is 6.92 Å². The number of aryl methyl sites for hydroxylation is 1. The standard InChI is InChI=1S/C13H14N2O2S/c1-8-2-3-10-11(6-8)18-13(14-10)15-12(16)9-4-5-17-7-9/h4-5,7-8H,2-3,6H2,1H3,(H,14,15,16). The molecule has 1 atom stereocenters. The van der Waals surface area contributed by atoms with Crippen LogP contribution < -0.4 is 5.32 Å². The molecule has 18 heavy (non-hydrogen) atoms. The zero-order valence-electron chi connectivity index (χ0n) is 10.1. The highest BCUT2D eigenvalue weighted by Crippen LogP contribution is 2.32. The topological polar surface area (TPSA) is 55.1 Å². The van der Waals surface area contributed by atoms with Crippen molar-refractivity contribution >= 4 is 22.4 Å². The number of aromatic nitrogens is 1. The van der Waals surface area contributed by atoms with Gasteiger partial charge < -0.3 is 4.42 Å². The third kappa shape index (κ3) is 2.18. The lowest BCUT2D eigenvalue weighted by molar-refractivity contribution is 0.102. The van der Waals surface area contributed by atoms with E-state index in [1.54, 1.807) is 17.4 Å². The second-order valence-electron chi connectivity index (χ2n) is 4.70. The zero-order chi connectivity index (χ0) is 12.5. The Balaban J connectivity index is 1.76. The Labute approximate surface area is 109 Å². The van der Waals surface area contributed by atoms with E-state index in [2.05, 4.69) is 17.2 Å². The summed E-state index contributed by atoms with van der Waals surface area (Å²) < 4.78 is 4.89. The minimum atomic E-state index is -0.164. The van der Waals surface area contributed by atoms with Gasteiger partial charge in [-0.05, 0) is 31.2 Å². The minimum absolute atomic E-state index is 0.164. The van der Waals surface area contributed by atoms with Crippen LogP contribution in [0.15, 0.2) is 23.0 Å². The Bertz CT molecular complexity index is 560. The summed E-state index contributed by atoms with van der Waals surface area (Å²) in [5.74, 6) is 0.554. The fourth-order valence-corrected chi connectivity index (χ4v) is 3.32. The molecule has 1 aliphatic rings. The first-order valence-electron chi connectivity index (χ1n) is 6.04. The van der Waals surface area contributed by atoms with Gasteiger partial charge in [-0.3, -0.25) is 10.1 Å². The van der Waals surface area contributed by atoms with Crippen molar-refractivity contribution in [2.75, 3.05) is 5.32 Å². The summed E-state index contributed by atoms with van der Waals surface area (Å²) in [6.07, 6.45) is 6.21. The number of furan rings is 1. The second kappa shape index (κ2) is 4.57. The fraction of sp³-hybridized carbons (Fsp3) is 0.385. The first-order chi connectivity index (χ1) is 8.72. The molecule has 3 rings (SSSR count). The molecule has 2 aromatic heterocycles. The summed E-state index contributed by atoms with van der Waals surface area (Å²) in [7, 11) is 0. The monoisotopic (exact) mass is 262 g/mol. The number of nitrogens with one attached hydrogen (secondary N) is 1. The highest BCUT2D eigenvalue weighted by atomic mass is 32.1. The molecule has 0 bridgehead atoms. The number of rotatable bonds is 2. The molecule has 0 saturated heterocycles. The molecule has 0 fully saturated rings. The summed E-state index contributed by atoms with van der Waals surface area (Å²) in [4.78, 5) is 17.7. The Morgan fingerprint density at radius 3 is 3.28 bits per heavy atom. The third-order valence-corrected chi connectivity index (χ3v) is 4.23. The Kier molecular flexibility index (Phi) is 2.91. The lowest BCUT2D eigenvalue weighted by Gasteiger charge is -2.15. The van der Waals surface area contributed by atoms with Crippen molar-refractivity contribution < 1.29 is 9.21 Å². The number of nitrogens with zero attached hydrogens (tertiary/aromatic N) is 1. The van der Waals surface area contributed by atoms with Crippen molar-refractivity contribution in [2.45, 2.75) is 26.2 Å². The highest BCUT2D eigenvalue weighted by Gasteiger charge is 2.20. The summed E-state index contributed by atoms with van der Waals surface area (Å²) in [5, 5.41) is 3.52. The molecule has 0 aromatic carbocycles. The maximum absolute atomic E-state index is 11.8. The predicted molar refractivity (Wildman–Crippen MR) is 70.0 cm³/mol.